The van der Waals surface area contributed by atoms with Crippen LogP contribution in [0.2, 0.25) is 0 Å². The van der Waals surface area contributed by atoms with E-state index >= 15 is 0 Å². The molecule has 108 valence electrons. The number of aromatic nitrogens is 2. The Morgan fingerprint density at radius 2 is 2.21 bits per heavy atom. The van der Waals surface area contributed by atoms with Crippen LogP contribution in [-0.2, 0) is 13.5 Å². The first kappa shape index (κ1) is 14.5. The van der Waals surface area contributed by atoms with Gasteiger partial charge in [0.1, 0.15) is 0 Å². The minimum atomic E-state index is 0.474. The Balaban J connectivity index is 2.33. The maximum absolute atomic E-state index is 6.03. The minimum absolute atomic E-state index is 0.474. The Kier molecular flexibility index (Phi) is 4.99. The molecule has 1 aromatic rings. The average molecular weight is 264 g/mol. The van der Waals surface area contributed by atoms with Crippen LogP contribution in [0.1, 0.15) is 50.4 Å². The number of hydrogen-bond donors (Lipinski definition) is 1. The molecule has 1 aliphatic heterocycles. The van der Waals surface area contributed by atoms with Crippen LogP contribution in [0.25, 0.3) is 0 Å². The molecule has 0 saturated carbocycles. The van der Waals surface area contributed by atoms with Crippen LogP contribution >= 0.6 is 0 Å². The largest absolute Gasteiger partial charge is 0.330 e. The normalized spacial score (nSPS) is 24.8. The molecule has 0 amide bonds. The summed E-state index contributed by atoms with van der Waals surface area (Å²) in [5.41, 5.74) is 8.69. The zero-order valence-electron chi connectivity index (χ0n) is 12.6. The quantitative estimate of drug-likeness (QED) is 0.886. The smallest absolute Gasteiger partial charge is 0.0669 e. The fraction of sp³-hybridized carbons (Fsp3) is 0.800. The molecule has 2 N–H and O–H groups in total. The lowest BCUT2D eigenvalue weighted by molar-refractivity contribution is 0.0954. The third-order valence-corrected chi connectivity index (χ3v) is 4.26. The lowest BCUT2D eigenvalue weighted by Gasteiger charge is -2.41. The number of likely N-dealkylation sites (tertiary alicyclic amines) is 1. The van der Waals surface area contributed by atoms with Crippen molar-refractivity contribution >= 4 is 0 Å². The standard InChI is InChI=1S/C15H28N4/c1-4-8-19-9-6-7-12(10-16)15(19)13-11-18(3)17-14(13)5-2/h11-12,15H,4-10,16H2,1-3H3. The molecule has 1 aromatic heterocycles. The SMILES string of the molecule is CCCN1CCCC(CN)C1c1cn(C)nc1CC. The van der Waals surface area contributed by atoms with Gasteiger partial charge in [-0.3, -0.25) is 9.58 Å². The van der Waals surface area contributed by atoms with Crippen LogP contribution in [-0.4, -0.2) is 34.3 Å². The zero-order valence-corrected chi connectivity index (χ0v) is 12.6. The summed E-state index contributed by atoms with van der Waals surface area (Å²) in [5.74, 6) is 0.579. The van der Waals surface area contributed by atoms with E-state index in [2.05, 4.69) is 30.0 Å². The van der Waals surface area contributed by atoms with Crippen molar-refractivity contribution in [3.8, 4) is 0 Å². The molecule has 1 fully saturated rings. The van der Waals surface area contributed by atoms with Crippen LogP contribution in [0.5, 0.6) is 0 Å². The summed E-state index contributed by atoms with van der Waals surface area (Å²) in [6, 6.07) is 0.474. The molecule has 0 bridgehead atoms. The second kappa shape index (κ2) is 6.53. The average Bonchev–Trinajstić information content (AvgIpc) is 2.79. The summed E-state index contributed by atoms with van der Waals surface area (Å²) in [4.78, 5) is 2.62. The van der Waals surface area contributed by atoms with Crippen LogP contribution in [0, 0.1) is 5.92 Å². The maximum atomic E-state index is 6.03. The zero-order chi connectivity index (χ0) is 13.8. The van der Waals surface area contributed by atoms with E-state index in [-0.39, 0.29) is 0 Å². The van der Waals surface area contributed by atoms with E-state index in [0.717, 1.165) is 13.0 Å². The van der Waals surface area contributed by atoms with E-state index in [1.807, 2.05) is 11.7 Å². The van der Waals surface area contributed by atoms with Crippen molar-refractivity contribution in [2.45, 2.75) is 45.6 Å². The number of hydrogen-bond acceptors (Lipinski definition) is 3. The highest BCUT2D eigenvalue weighted by Crippen LogP contribution is 2.36. The Morgan fingerprint density at radius 1 is 1.42 bits per heavy atom. The van der Waals surface area contributed by atoms with Crippen molar-refractivity contribution in [3.05, 3.63) is 17.5 Å². The fourth-order valence-electron chi connectivity index (χ4n) is 3.46. The summed E-state index contributed by atoms with van der Waals surface area (Å²) in [5, 5.41) is 4.62. The van der Waals surface area contributed by atoms with E-state index in [1.54, 1.807) is 0 Å². The molecule has 4 nitrogen and oxygen atoms in total. The number of nitrogens with two attached hydrogens (primary N) is 1. The van der Waals surface area contributed by atoms with Gasteiger partial charge in [0.25, 0.3) is 0 Å². The van der Waals surface area contributed by atoms with Crippen molar-refractivity contribution in [2.24, 2.45) is 18.7 Å². The van der Waals surface area contributed by atoms with Crippen molar-refractivity contribution in [1.82, 2.24) is 14.7 Å². The predicted molar refractivity (Wildman–Crippen MR) is 79.0 cm³/mol. The molecular weight excluding hydrogens is 236 g/mol. The van der Waals surface area contributed by atoms with Gasteiger partial charge in [-0.05, 0) is 51.2 Å². The van der Waals surface area contributed by atoms with Gasteiger partial charge in [0.2, 0.25) is 0 Å². The first-order valence-corrected chi connectivity index (χ1v) is 7.67. The summed E-state index contributed by atoms with van der Waals surface area (Å²) >= 11 is 0. The van der Waals surface area contributed by atoms with Crippen LogP contribution in [0.4, 0.5) is 0 Å². The van der Waals surface area contributed by atoms with Gasteiger partial charge in [0, 0.05) is 24.8 Å². The van der Waals surface area contributed by atoms with E-state index in [9.17, 15) is 0 Å². The van der Waals surface area contributed by atoms with Crippen molar-refractivity contribution < 1.29 is 0 Å². The Morgan fingerprint density at radius 3 is 2.84 bits per heavy atom. The Labute approximate surface area is 117 Å². The second-order valence-corrected chi connectivity index (χ2v) is 5.68. The van der Waals surface area contributed by atoms with Crippen molar-refractivity contribution in [2.75, 3.05) is 19.6 Å². The third kappa shape index (κ3) is 3.00. The van der Waals surface area contributed by atoms with E-state index < -0.39 is 0 Å². The van der Waals surface area contributed by atoms with Gasteiger partial charge >= 0.3 is 0 Å². The van der Waals surface area contributed by atoms with E-state index in [4.69, 9.17) is 5.73 Å². The molecular formula is C15H28N4. The van der Waals surface area contributed by atoms with Crippen LogP contribution in [0.15, 0.2) is 6.20 Å². The lowest BCUT2D eigenvalue weighted by atomic mass is 9.84. The highest BCUT2D eigenvalue weighted by molar-refractivity contribution is 5.23. The number of rotatable bonds is 5. The summed E-state index contributed by atoms with van der Waals surface area (Å²) in [6.07, 6.45) is 6.94. The minimum Gasteiger partial charge on any atom is -0.330 e. The molecule has 2 heterocycles. The molecule has 0 aromatic carbocycles. The van der Waals surface area contributed by atoms with Crippen LogP contribution < -0.4 is 5.73 Å². The van der Waals surface area contributed by atoms with Gasteiger partial charge in [-0.25, -0.2) is 0 Å². The van der Waals surface area contributed by atoms with Gasteiger partial charge in [0.15, 0.2) is 0 Å². The number of piperidine rings is 1. The highest BCUT2D eigenvalue weighted by atomic mass is 15.3. The molecule has 2 rings (SSSR count). The monoisotopic (exact) mass is 264 g/mol. The number of nitrogens with zero attached hydrogens (tertiary/aromatic N) is 3. The summed E-state index contributed by atoms with van der Waals surface area (Å²) in [6.45, 7) is 7.60. The first-order chi connectivity index (χ1) is 9.21. The topological polar surface area (TPSA) is 47.1 Å². The molecule has 19 heavy (non-hydrogen) atoms. The molecule has 1 saturated heterocycles. The van der Waals surface area contributed by atoms with Gasteiger partial charge < -0.3 is 5.73 Å². The van der Waals surface area contributed by atoms with Gasteiger partial charge in [0.05, 0.1) is 5.69 Å². The lowest BCUT2D eigenvalue weighted by Crippen LogP contribution is -2.42. The van der Waals surface area contributed by atoms with E-state index in [0.29, 0.717) is 12.0 Å². The van der Waals surface area contributed by atoms with Crippen molar-refractivity contribution in [1.29, 1.82) is 0 Å². The van der Waals surface area contributed by atoms with Gasteiger partial charge in [-0.1, -0.05) is 13.8 Å². The van der Waals surface area contributed by atoms with Crippen LogP contribution in [0.3, 0.4) is 0 Å². The number of aryl methyl sites for hydroxylation is 2. The molecule has 2 atom stereocenters. The van der Waals surface area contributed by atoms with Gasteiger partial charge in [-0.2, -0.15) is 5.10 Å². The molecule has 1 aliphatic rings. The molecule has 0 spiro atoms. The Hall–Kier alpha value is -0.870. The summed E-state index contributed by atoms with van der Waals surface area (Å²) in [7, 11) is 2.02. The summed E-state index contributed by atoms with van der Waals surface area (Å²) < 4.78 is 1.96. The second-order valence-electron chi connectivity index (χ2n) is 5.68. The molecule has 0 aliphatic carbocycles. The van der Waals surface area contributed by atoms with Crippen molar-refractivity contribution in [3.63, 3.8) is 0 Å². The molecule has 2 unspecified atom stereocenters. The first-order valence-electron chi connectivity index (χ1n) is 7.67. The predicted octanol–water partition coefficient (Wildman–Crippen LogP) is 2.10. The maximum Gasteiger partial charge on any atom is 0.0669 e. The Bertz CT molecular complexity index is 397. The molecule has 4 heteroatoms. The van der Waals surface area contributed by atoms with Gasteiger partial charge in [-0.15, -0.1) is 0 Å². The third-order valence-electron chi connectivity index (χ3n) is 4.26. The fourth-order valence-corrected chi connectivity index (χ4v) is 3.46. The molecule has 0 radical (unpaired) electrons. The highest BCUT2D eigenvalue weighted by Gasteiger charge is 2.33. The van der Waals surface area contributed by atoms with E-state index in [1.165, 1.54) is 43.6 Å².